The minimum atomic E-state index is -3.97. The lowest BCUT2D eigenvalue weighted by molar-refractivity contribution is 0.102. The lowest BCUT2D eigenvalue weighted by Gasteiger charge is -2.13. The van der Waals surface area contributed by atoms with Crippen molar-refractivity contribution in [1.29, 1.82) is 0 Å². The molecule has 9 nitrogen and oxygen atoms in total. The SMILES string of the molecule is O=C(Nc1ccc2c(c1)OCCCO2)c1cccc(S(=O)(=O)N[C@H]2CCS(=O)(=O)C2)c1. The first-order valence-corrected chi connectivity index (χ1v) is 13.1. The van der Waals surface area contributed by atoms with Gasteiger partial charge < -0.3 is 14.8 Å². The van der Waals surface area contributed by atoms with Crippen molar-refractivity contribution in [2.45, 2.75) is 23.8 Å². The maximum atomic E-state index is 12.7. The number of amides is 1. The number of nitrogens with one attached hydrogen (secondary N) is 2. The van der Waals surface area contributed by atoms with Crippen LogP contribution in [0.1, 0.15) is 23.2 Å². The smallest absolute Gasteiger partial charge is 0.255 e. The molecule has 31 heavy (non-hydrogen) atoms. The molecule has 166 valence electrons. The molecule has 1 fully saturated rings. The normalized spacial score (nSPS) is 20.1. The van der Waals surface area contributed by atoms with Gasteiger partial charge in [-0.25, -0.2) is 21.6 Å². The van der Waals surface area contributed by atoms with E-state index in [1.807, 2.05) is 0 Å². The van der Waals surface area contributed by atoms with Gasteiger partial charge in [0.2, 0.25) is 10.0 Å². The second kappa shape index (κ2) is 8.48. The summed E-state index contributed by atoms with van der Waals surface area (Å²) in [7, 11) is -7.20. The number of rotatable bonds is 5. The van der Waals surface area contributed by atoms with Crippen molar-refractivity contribution >= 4 is 31.5 Å². The van der Waals surface area contributed by atoms with Crippen LogP contribution in [0.15, 0.2) is 47.4 Å². The minimum absolute atomic E-state index is 0.0435. The average Bonchev–Trinajstić information content (AvgIpc) is 2.91. The summed E-state index contributed by atoms with van der Waals surface area (Å²) in [4.78, 5) is 12.6. The molecule has 1 amide bonds. The lowest BCUT2D eigenvalue weighted by Crippen LogP contribution is -2.35. The zero-order chi connectivity index (χ0) is 22.1. The molecule has 2 aromatic rings. The van der Waals surface area contributed by atoms with Crippen LogP contribution < -0.4 is 19.5 Å². The van der Waals surface area contributed by atoms with Crippen molar-refractivity contribution in [2.75, 3.05) is 30.0 Å². The Bertz CT molecular complexity index is 1210. The Kier molecular flexibility index (Phi) is 5.91. The Balaban J connectivity index is 1.49. The monoisotopic (exact) mass is 466 g/mol. The number of carbonyl (C=O) groups excluding carboxylic acids is 1. The Hall–Kier alpha value is -2.63. The minimum Gasteiger partial charge on any atom is -0.490 e. The van der Waals surface area contributed by atoms with E-state index in [1.54, 1.807) is 18.2 Å². The first-order valence-electron chi connectivity index (χ1n) is 9.76. The molecule has 11 heteroatoms. The molecule has 0 spiro atoms. The van der Waals surface area contributed by atoms with Gasteiger partial charge in [-0.1, -0.05) is 6.07 Å². The molecule has 2 aliphatic rings. The summed E-state index contributed by atoms with van der Waals surface area (Å²) in [5.74, 6) is 0.371. The maximum absolute atomic E-state index is 12.7. The molecule has 2 N–H and O–H groups in total. The Morgan fingerprint density at radius 3 is 2.55 bits per heavy atom. The molecule has 2 aliphatic heterocycles. The number of hydrogen-bond donors (Lipinski definition) is 2. The third-order valence-corrected chi connectivity index (χ3v) is 8.25. The number of anilines is 1. The molecule has 1 atom stereocenters. The zero-order valence-corrected chi connectivity index (χ0v) is 18.2. The highest BCUT2D eigenvalue weighted by molar-refractivity contribution is 7.92. The summed E-state index contributed by atoms with van der Waals surface area (Å²) < 4.78 is 62.1. The summed E-state index contributed by atoms with van der Waals surface area (Å²) in [6.07, 6.45) is 0.990. The number of fused-ring (bicyclic) bond motifs is 1. The van der Waals surface area contributed by atoms with Gasteiger partial charge in [0.25, 0.3) is 5.91 Å². The van der Waals surface area contributed by atoms with Crippen LogP contribution in [0.3, 0.4) is 0 Å². The standard InChI is InChI=1S/C20H22N2O7S2/c23-20(21-15-5-6-18-19(12-15)29-9-2-8-28-18)14-3-1-4-17(11-14)31(26,27)22-16-7-10-30(24,25)13-16/h1,3-6,11-12,16,22H,2,7-10,13H2,(H,21,23)/t16-/m0/s1. The van der Waals surface area contributed by atoms with E-state index < -0.39 is 31.8 Å². The molecule has 1 saturated heterocycles. The number of benzene rings is 2. The van der Waals surface area contributed by atoms with Gasteiger partial charge in [0, 0.05) is 29.8 Å². The van der Waals surface area contributed by atoms with Crippen LogP contribution in [0.5, 0.6) is 11.5 Å². The number of hydrogen-bond acceptors (Lipinski definition) is 7. The van der Waals surface area contributed by atoms with Crippen LogP contribution in [0.2, 0.25) is 0 Å². The summed E-state index contributed by atoms with van der Waals surface area (Å²) >= 11 is 0. The Morgan fingerprint density at radius 1 is 1.03 bits per heavy atom. The van der Waals surface area contributed by atoms with E-state index in [0.29, 0.717) is 30.4 Å². The van der Waals surface area contributed by atoms with Crippen LogP contribution in [0.4, 0.5) is 5.69 Å². The van der Waals surface area contributed by atoms with Gasteiger partial charge in [0.15, 0.2) is 21.3 Å². The van der Waals surface area contributed by atoms with Gasteiger partial charge in [-0.05, 0) is 36.8 Å². The molecule has 0 aromatic heterocycles. The fraction of sp³-hybridized carbons (Fsp3) is 0.350. The third kappa shape index (κ3) is 5.17. The Morgan fingerprint density at radius 2 is 1.81 bits per heavy atom. The van der Waals surface area contributed by atoms with Crippen molar-refractivity contribution < 1.29 is 31.1 Å². The number of sulfonamides is 1. The maximum Gasteiger partial charge on any atom is 0.255 e. The molecule has 2 heterocycles. The number of sulfone groups is 1. The Labute approximate surface area is 180 Å². The molecule has 0 unspecified atom stereocenters. The lowest BCUT2D eigenvalue weighted by atomic mass is 10.2. The van der Waals surface area contributed by atoms with E-state index in [2.05, 4.69) is 10.0 Å². The topological polar surface area (TPSA) is 128 Å². The fourth-order valence-electron chi connectivity index (χ4n) is 3.42. The van der Waals surface area contributed by atoms with Gasteiger partial charge in [0.05, 0.1) is 29.6 Å². The van der Waals surface area contributed by atoms with E-state index in [-0.39, 0.29) is 28.4 Å². The zero-order valence-electron chi connectivity index (χ0n) is 16.5. The van der Waals surface area contributed by atoms with Crippen LogP contribution in [0.25, 0.3) is 0 Å². The molecular weight excluding hydrogens is 444 g/mol. The van der Waals surface area contributed by atoms with Crippen LogP contribution in [-0.4, -0.2) is 53.5 Å². The first-order chi connectivity index (χ1) is 14.7. The van der Waals surface area contributed by atoms with Crippen LogP contribution in [-0.2, 0) is 19.9 Å². The largest absolute Gasteiger partial charge is 0.490 e. The second-order valence-electron chi connectivity index (χ2n) is 7.42. The predicted octanol–water partition coefficient (Wildman–Crippen LogP) is 1.57. The van der Waals surface area contributed by atoms with Crippen molar-refractivity contribution in [3.8, 4) is 11.5 Å². The highest BCUT2D eigenvalue weighted by atomic mass is 32.2. The van der Waals surface area contributed by atoms with Crippen LogP contribution >= 0.6 is 0 Å². The van der Waals surface area contributed by atoms with E-state index in [4.69, 9.17) is 9.47 Å². The molecule has 4 rings (SSSR count). The van der Waals surface area contributed by atoms with Gasteiger partial charge in [-0.2, -0.15) is 0 Å². The molecule has 0 radical (unpaired) electrons. The molecular formula is C20H22N2O7S2. The van der Waals surface area contributed by atoms with Gasteiger partial charge in [-0.15, -0.1) is 0 Å². The van der Waals surface area contributed by atoms with E-state index >= 15 is 0 Å². The molecule has 0 bridgehead atoms. The van der Waals surface area contributed by atoms with E-state index in [9.17, 15) is 21.6 Å². The van der Waals surface area contributed by atoms with Gasteiger partial charge >= 0.3 is 0 Å². The number of carbonyl (C=O) groups is 1. The van der Waals surface area contributed by atoms with E-state index in [0.717, 1.165) is 6.42 Å². The summed E-state index contributed by atoms with van der Waals surface area (Å²) in [5, 5.41) is 2.72. The second-order valence-corrected chi connectivity index (χ2v) is 11.4. The molecule has 0 saturated carbocycles. The van der Waals surface area contributed by atoms with Crippen LogP contribution in [0, 0.1) is 0 Å². The van der Waals surface area contributed by atoms with E-state index in [1.165, 1.54) is 24.3 Å². The molecule has 2 aromatic carbocycles. The van der Waals surface area contributed by atoms with Gasteiger partial charge in [-0.3, -0.25) is 4.79 Å². The van der Waals surface area contributed by atoms with Crippen molar-refractivity contribution in [1.82, 2.24) is 4.72 Å². The van der Waals surface area contributed by atoms with Crippen molar-refractivity contribution in [2.24, 2.45) is 0 Å². The fourth-order valence-corrected chi connectivity index (χ4v) is 6.52. The van der Waals surface area contributed by atoms with Crippen molar-refractivity contribution in [3.05, 3.63) is 48.0 Å². The predicted molar refractivity (Wildman–Crippen MR) is 114 cm³/mol. The highest BCUT2D eigenvalue weighted by Gasteiger charge is 2.31. The molecule has 0 aliphatic carbocycles. The third-order valence-electron chi connectivity index (χ3n) is 4.97. The average molecular weight is 467 g/mol. The van der Waals surface area contributed by atoms with Gasteiger partial charge in [0.1, 0.15) is 0 Å². The summed E-state index contributed by atoms with van der Waals surface area (Å²) in [6, 6.07) is 9.93. The summed E-state index contributed by atoms with van der Waals surface area (Å²) in [6.45, 7) is 1.07. The number of ether oxygens (including phenoxy) is 2. The quantitative estimate of drug-likeness (QED) is 0.684. The highest BCUT2D eigenvalue weighted by Crippen LogP contribution is 2.32. The van der Waals surface area contributed by atoms with Crippen molar-refractivity contribution in [3.63, 3.8) is 0 Å². The first kappa shape index (κ1) is 21.6. The summed E-state index contributed by atoms with van der Waals surface area (Å²) in [5.41, 5.74) is 0.630.